The highest BCUT2D eigenvalue weighted by Crippen LogP contribution is 2.16. The van der Waals surface area contributed by atoms with Crippen molar-refractivity contribution >= 4 is 0 Å². The Morgan fingerprint density at radius 3 is 2.53 bits per heavy atom. The smallest absolute Gasteiger partial charge is 0.123 e. The summed E-state index contributed by atoms with van der Waals surface area (Å²) in [6.45, 7) is 2.63. The molecule has 0 aromatic heterocycles. The molecule has 1 saturated heterocycles. The lowest BCUT2D eigenvalue weighted by Gasteiger charge is -2.21. The van der Waals surface area contributed by atoms with Crippen molar-refractivity contribution in [3.63, 3.8) is 0 Å². The van der Waals surface area contributed by atoms with Gasteiger partial charge in [-0.25, -0.2) is 9.71 Å². The first-order valence-electron chi connectivity index (χ1n) is 5.36. The normalized spacial score (nSPS) is 17.7. The molecule has 1 fully saturated rings. The highest BCUT2D eigenvalue weighted by molar-refractivity contribution is 5.22. The van der Waals surface area contributed by atoms with Crippen molar-refractivity contribution in [2.75, 3.05) is 19.7 Å². The van der Waals surface area contributed by atoms with Crippen molar-refractivity contribution in [3.05, 3.63) is 30.1 Å². The Balaban J connectivity index is 1.79. The molecule has 1 aromatic rings. The van der Waals surface area contributed by atoms with E-state index in [1.165, 1.54) is 12.1 Å². The minimum Gasteiger partial charge on any atom is -0.493 e. The Hall–Kier alpha value is -1.09. The molecule has 0 atom stereocenters. The minimum atomic E-state index is -0.223. The molecule has 81 valence electrons. The Kier molecular flexibility index (Phi) is 3.56. The van der Waals surface area contributed by atoms with E-state index in [-0.39, 0.29) is 5.82 Å². The minimum absolute atomic E-state index is 0.223. The van der Waals surface area contributed by atoms with Crippen molar-refractivity contribution in [1.29, 1.82) is 0 Å². The monoisotopic (exact) mass is 208 g/mol. The Morgan fingerprint density at radius 1 is 1.20 bits per heavy atom. The molecule has 0 bridgehead atoms. The molecule has 1 aliphatic heterocycles. The number of rotatable bonds is 3. The van der Waals surface area contributed by atoms with Gasteiger partial charge in [-0.1, -0.05) is 0 Å². The summed E-state index contributed by atoms with van der Waals surface area (Å²) in [6.07, 6.45) is 2.22. The van der Waals surface area contributed by atoms with Gasteiger partial charge in [-0.2, -0.15) is 0 Å². The van der Waals surface area contributed by atoms with Crippen LogP contribution in [0.5, 0.6) is 5.75 Å². The molecule has 15 heavy (non-hydrogen) atoms. The van der Waals surface area contributed by atoms with Crippen LogP contribution in [-0.2, 0) is 0 Å². The maximum atomic E-state index is 12.6. The number of halogens is 1. The molecule has 0 unspecified atom stereocenters. The fourth-order valence-corrected chi connectivity index (χ4v) is 1.72. The van der Waals surface area contributed by atoms with E-state index in [4.69, 9.17) is 4.74 Å². The van der Waals surface area contributed by atoms with Crippen LogP contribution >= 0.6 is 0 Å². The lowest BCUT2D eigenvalue weighted by Crippen LogP contribution is -2.26. The molecule has 0 saturated carbocycles. The molecule has 2 nitrogen and oxygen atoms in total. The van der Waals surface area contributed by atoms with Gasteiger partial charge in [0, 0.05) is 13.1 Å². The SMILES string of the molecule is Fc1ccc(OCC2CC[N]CC2)cc1. The summed E-state index contributed by atoms with van der Waals surface area (Å²) in [5.74, 6) is 1.13. The molecule has 0 aliphatic carbocycles. The molecule has 0 spiro atoms. The number of piperidine rings is 1. The van der Waals surface area contributed by atoms with Crippen LogP contribution in [0.3, 0.4) is 0 Å². The number of nitrogens with zero attached hydrogens (tertiary/aromatic N) is 1. The van der Waals surface area contributed by atoms with Gasteiger partial charge in [0.1, 0.15) is 11.6 Å². The third kappa shape index (κ3) is 3.20. The second-order valence-electron chi connectivity index (χ2n) is 3.88. The predicted octanol–water partition coefficient (Wildman–Crippen LogP) is 2.22. The summed E-state index contributed by atoms with van der Waals surface area (Å²) in [4.78, 5) is 0. The van der Waals surface area contributed by atoms with Crippen LogP contribution in [0.2, 0.25) is 0 Å². The first-order chi connectivity index (χ1) is 7.34. The molecule has 0 N–H and O–H groups in total. The lowest BCUT2D eigenvalue weighted by atomic mass is 9.99. The van der Waals surface area contributed by atoms with E-state index < -0.39 is 0 Å². The molecule has 3 heteroatoms. The maximum absolute atomic E-state index is 12.6. The molecule has 1 radical (unpaired) electrons. The summed E-state index contributed by atoms with van der Waals surface area (Å²) in [5.41, 5.74) is 0. The van der Waals surface area contributed by atoms with Gasteiger partial charge in [-0.3, -0.25) is 0 Å². The van der Waals surface area contributed by atoms with E-state index in [1.807, 2.05) is 0 Å². The van der Waals surface area contributed by atoms with E-state index in [9.17, 15) is 4.39 Å². The number of benzene rings is 1. The topological polar surface area (TPSA) is 23.3 Å². The Morgan fingerprint density at radius 2 is 1.87 bits per heavy atom. The lowest BCUT2D eigenvalue weighted by molar-refractivity contribution is 0.214. The molecular formula is C12H15FNO. The predicted molar refractivity (Wildman–Crippen MR) is 56.5 cm³/mol. The van der Waals surface area contributed by atoms with Gasteiger partial charge in [0.2, 0.25) is 0 Å². The summed E-state index contributed by atoms with van der Waals surface area (Å²) in [6, 6.07) is 6.18. The second kappa shape index (κ2) is 5.12. The fraction of sp³-hybridized carbons (Fsp3) is 0.500. The second-order valence-corrected chi connectivity index (χ2v) is 3.88. The molecule has 0 amide bonds. The largest absolute Gasteiger partial charge is 0.493 e. The summed E-state index contributed by atoms with van der Waals surface area (Å²) in [7, 11) is 0. The third-order valence-corrected chi connectivity index (χ3v) is 2.69. The van der Waals surface area contributed by atoms with Crippen LogP contribution in [0.15, 0.2) is 24.3 Å². The van der Waals surface area contributed by atoms with E-state index >= 15 is 0 Å². The molecule has 1 heterocycles. The first kappa shape index (κ1) is 10.4. The first-order valence-corrected chi connectivity index (χ1v) is 5.36. The van der Waals surface area contributed by atoms with Gasteiger partial charge >= 0.3 is 0 Å². The maximum Gasteiger partial charge on any atom is 0.123 e. The average Bonchev–Trinajstić information content (AvgIpc) is 2.30. The van der Waals surface area contributed by atoms with Gasteiger partial charge in [-0.05, 0) is 43.0 Å². The Labute approximate surface area is 89.4 Å². The van der Waals surface area contributed by atoms with Gasteiger partial charge in [0.05, 0.1) is 6.61 Å². The summed E-state index contributed by atoms with van der Waals surface area (Å²) >= 11 is 0. The molecule has 1 aromatic carbocycles. The van der Waals surface area contributed by atoms with Gasteiger partial charge < -0.3 is 4.74 Å². The van der Waals surface area contributed by atoms with Crippen LogP contribution in [-0.4, -0.2) is 19.7 Å². The van der Waals surface area contributed by atoms with Crippen LogP contribution in [0, 0.1) is 11.7 Å². The zero-order valence-electron chi connectivity index (χ0n) is 8.66. The van der Waals surface area contributed by atoms with Crippen molar-refractivity contribution in [2.24, 2.45) is 5.92 Å². The number of hydrogen-bond donors (Lipinski definition) is 0. The van der Waals surface area contributed by atoms with Crippen molar-refractivity contribution in [1.82, 2.24) is 5.32 Å². The highest BCUT2D eigenvalue weighted by Gasteiger charge is 2.14. The fourth-order valence-electron chi connectivity index (χ4n) is 1.72. The van der Waals surface area contributed by atoms with Crippen LogP contribution in [0.4, 0.5) is 4.39 Å². The quantitative estimate of drug-likeness (QED) is 0.747. The van der Waals surface area contributed by atoms with E-state index in [0.29, 0.717) is 5.92 Å². The number of hydrogen-bond acceptors (Lipinski definition) is 1. The zero-order chi connectivity index (χ0) is 10.5. The number of ether oxygens (including phenoxy) is 1. The van der Waals surface area contributed by atoms with E-state index in [1.54, 1.807) is 12.1 Å². The summed E-state index contributed by atoms with van der Waals surface area (Å²) in [5, 5.41) is 4.29. The molecular weight excluding hydrogens is 193 g/mol. The zero-order valence-corrected chi connectivity index (χ0v) is 8.66. The van der Waals surface area contributed by atoms with Crippen molar-refractivity contribution in [3.8, 4) is 5.75 Å². The van der Waals surface area contributed by atoms with E-state index in [2.05, 4.69) is 5.32 Å². The highest BCUT2D eigenvalue weighted by atomic mass is 19.1. The van der Waals surface area contributed by atoms with Crippen molar-refractivity contribution in [2.45, 2.75) is 12.8 Å². The van der Waals surface area contributed by atoms with Crippen LogP contribution in [0.1, 0.15) is 12.8 Å². The molecule has 2 rings (SSSR count). The standard InChI is InChI=1S/C12H15FNO/c13-11-1-3-12(4-2-11)15-9-10-5-7-14-8-6-10/h1-4,10H,5-9H2. The third-order valence-electron chi connectivity index (χ3n) is 2.69. The molecule has 1 aliphatic rings. The average molecular weight is 208 g/mol. The van der Waals surface area contributed by atoms with Gasteiger partial charge in [0.25, 0.3) is 0 Å². The van der Waals surface area contributed by atoms with E-state index in [0.717, 1.165) is 38.3 Å². The van der Waals surface area contributed by atoms with Crippen molar-refractivity contribution < 1.29 is 9.13 Å². The van der Waals surface area contributed by atoms with Gasteiger partial charge in [0.15, 0.2) is 0 Å². The van der Waals surface area contributed by atoms with Crippen LogP contribution in [0.25, 0.3) is 0 Å². The van der Waals surface area contributed by atoms with Crippen LogP contribution < -0.4 is 10.1 Å². The van der Waals surface area contributed by atoms with Gasteiger partial charge in [-0.15, -0.1) is 0 Å². The Bertz CT molecular complexity index is 293. The summed E-state index contributed by atoms with van der Waals surface area (Å²) < 4.78 is 18.2.